The molecule has 7 heteroatoms. The van der Waals surface area contributed by atoms with Crippen LogP contribution in [0.2, 0.25) is 4.34 Å². The fourth-order valence-corrected chi connectivity index (χ4v) is 2.68. The van der Waals surface area contributed by atoms with Gasteiger partial charge in [-0.2, -0.15) is 4.98 Å². The van der Waals surface area contributed by atoms with Crippen molar-refractivity contribution in [1.82, 2.24) is 9.88 Å². The van der Waals surface area contributed by atoms with Crippen LogP contribution >= 0.6 is 22.9 Å². The van der Waals surface area contributed by atoms with E-state index in [1.807, 2.05) is 37.9 Å². The van der Waals surface area contributed by atoms with Gasteiger partial charge in [0.1, 0.15) is 15.8 Å². The van der Waals surface area contributed by atoms with Crippen LogP contribution in [-0.4, -0.2) is 36.1 Å². The Bertz CT molecular complexity index is 743. The molecular formula is C16H18ClN3O2S. The number of aryl methyl sites for hydroxylation is 2. The van der Waals surface area contributed by atoms with Gasteiger partial charge in [0.05, 0.1) is 12.0 Å². The molecule has 23 heavy (non-hydrogen) atoms. The Morgan fingerprint density at radius 2 is 2.13 bits per heavy atom. The lowest BCUT2D eigenvalue weighted by atomic mass is 10.1. The summed E-state index contributed by atoms with van der Waals surface area (Å²) in [6.07, 6.45) is 2.42. The van der Waals surface area contributed by atoms with Crippen molar-refractivity contribution < 1.29 is 9.53 Å². The molecule has 122 valence electrons. The first-order chi connectivity index (χ1) is 10.9. The predicted molar refractivity (Wildman–Crippen MR) is 95.0 cm³/mol. The Morgan fingerprint density at radius 3 is 2.74 bits per heavy atom. The number of aliphatic imine (C=N–C) groups is 1. The van der Waals surface area contributed by atoms with Gasteiger partial charge in [0.15, 0.2) is 6.29 Å². The molecule has 1 heterocycles. The van der Waals surface area contributed by atoms with E-state index in [1.54, 1.807) is 6.34 Å². The number of halogens is 1. The molecule has 0 bridgehead atoms. The Hall–Kier alpha value is -1.92. The lowest BCUT2D eigenvalue weighted by Gasteiger charge is -2.11. The van der Waals surface area contributed by atoms with E-state index in [-0.39, 0.29) is 5.69 Å². The molecule has 0 radical (unpaired) electrons. The monoisotopic (exact) mass is 351 g/mol. The summed E-state index contributed by atoms with van der Waals surface area (Å²) >= 11 is 7.05. The number of benzene rings is 1. The third-order valence-corrected chi connectivity index (χ3v) is 4.45. The van der Waals surface area contributed by atoms with Crippen LogP contribution in [0.4, 0.5) is 5.69 Å². The predicted octanol–water partition coefficient (Wildman–Crippen LogP) is 4.63. The van der Waals surface area contributed by atoms with Gasteiger partial charge in [0.2, 0.25) is 0 Å². The smallest absolute Gasteiger partial charge is 0.280 e. The van der Waals surface area contributed by atoms with Crippen molar-refractivity contribution >= 4 is 41.2 Å². The largest absolute Gasteiger partial charge is 0.431 e. The van der Waals surface area contributed by atoms with Gasteiger partial charge in [0, 0.05) is 13.6 Å². The molecule has 2 rings (SSSR count). The molecule has 2 aromatic rings. The van der Waals surface area contributed by atoms with E-state index in [2.05, 4.69) is 16.9 Å². The zero-order valence-corrected chi connectivity index (χ0v) is 15.0. The number of ether oxygens (including phenoxy) is 1. The number of nitrogens with zero attached hydrogens (tertiary/aromatic N) is 3. The Labute approximate surface area is 144 Å². The van der Waals surface area contributed by atoms with E-state index < -0.39 is 0 Å². The van der Waals surface area contributed by atoms with Crippen LogP contribution in [0.5, 0.6) is 10.9 Å². The number of aromatic nitrogens is 1. The number of thiazole rings is 1. The van der Waals surface area contributed by atoms with Gasteiger partial charge in [-0.25, -0.2) is 4.99 Å². The van der Waals surface area contributed by atoms with Crippen LogP contribution in [0.25, 0.3) is 0 Å². The normalized spacial score (nSPS) is 11.0. The molecule has 0 saturated carbocycles. The summed E-state index contributed by atoms with van der Waals surface area (Å²) < 4.78 is 6.08. The Kier molecular flexibility index (Phi) is 5.74. The highest BCUT2D eigenvalue weighted by molar-refractivity contribution is 7.17. The maximum Gasteiger partial charge on any atom is 0.280 e. The zero-order chi connectivity index (χ0) is 17.0. The molecule has 1 aromatic heterocycles. The molecule has 0 aliphatic rings. The summed E-state index contributed by atoms with van der Waals surface area (Å²) in [6, 6.07) is 3.87. The van der Waals surface area contributed by atoms with E-state index in [0.29, 0.717) is 21.6 Å². The quantitative estimate of drug-likeness (QED) is 0.432. The van der Waals surface area contributed by atoms with Crippen LogP contribution in [0, 0.1) is 13.8 Å². The number of carbonyl (C=O) groups is 1. The van der Waals surface area contributed by atoms with Gasteiger partial charge in [0.25, 0.3) is 5.19 Å². The SMILES string of the molecule is CCN(C)C=Nc1cc(C)c(Oc2nc(C=O)c(Cl)s2)cc1C. The average molecular weight is 352 g/mol. The van der Waals surface area contributed by atoms with Crippen molar-refractivity contribution in [2.75, 3.05) is 13.6 Å². The van der Waals surface area contributed by atoms with Gasteiger partial charge in [-0.3, -0.25) is 4.79 Å². The molecule has 0 N–H and O–H groups in total. The standard InChI is InChI=1S/C16H18ClN3O2S/c1-5-20(4)9-18-12-6-11(3)14(7-10(12)2)22-16-19-13(8-21)15(17)23-16/h6-9H,5H2,1-4H3. The van der Waals surface area contributed by atoms with E-state index in [4.69, 9.17) is 16.3 Å². The molecule has 0 fully saturated rings. The fraction of sp³-hybridized carbons (Fsp3) is 0.312. The van der Waals surface area contributed by atoms with Crippen LogP contribution in [-0.2, 0) is 0 Å². The van der Waals surface area contributed by atoms with Crippen LogP contribution < -0.4 is 4.74 Å². The molecule has 1 aromatic carbocycles. The summed E-state index contributed by atoms with van der Waals surface area (Å²) in [5, 5.41) is 0.349. The number of hydrogen-bond donors (Lipinski definition) is 0. The van der Waals surface area contributed by atoms with Crippen LogP contribution in [0.15, 0.2) is 17.1 Å². The van der Waals surface area contributed by atoms with Gasteiger partial charge >= 0.3 is 0 Å². The highest BCUT2D eigenvalue weighted by atomic mass is 35.5. The first-order valence-corrected chi connectivity index (χ1v) is 8.29. The summed E-state index contributed by atoms with van der Waals surface area (Å²) in [4.78, 5) is 21.3. The minimum atomic E-state index is 0.199. The number of hydrogen-bond acceptors (Lipinski definition) is 5. The maximum absolute atomic E-state index is 10.8. The molecule has 0 aliphatic carbocycles. The second kappa shape index (κ2) is 7.57. The van der Waals surface area contributed by atoms with Crippen molar-refractivity contribution in [3.63, 3.8) is 0 Å². The van der Waals surface area contributed by atoms with Gasteiger partial charge < -0.3 is 9.64 Å². The molecule has 0 atom stereocenters. The number of carbonyl (C=O) groups excluding carboxylic acids is 1. The van der Waals surface area contributed by atoms with E-state index in [0.717, 1.165) is 34.7 Å². The third-order valence-electron chi connectivity index (χ3n) is 3.29. The molecule has 0 aliphatic heterocycles. The number of aldehydes is 1. The molecule has 0 unspecified atom stereocenters. The Balaban J connectivity index is 2.25. The molecule has 0 amide bonds. The maximum atomic E-state index is 10.8. The second-order valence-electron chi connectivity index (χ2n) is 5.08. The van der Waals surface area contributed by atoms with Crippen molar-refractivity contribution in [3.05, 3.63) is 33.3 Å². The molecule has 0 spiro atoms. The van der Waals surface area contributed by atoms with Crippen LogP contribution in [0.3, 0.4) is 0 Å². The van der Waals surface area contributed by atoms with Gasteiger partial charge in [-0.1, -0.05) is 22.9 Å². The highest BCUT2D eigenvalue weighted by Crippen LogP contribution is 2.35. The Morgan fingerprint density at radius 1 is 1.39 bits per heavy atom. The zero-order valence-electron chi connectivity index (χ0n) is 13.5. The summed E-state index contributed by atoms with van der Waals surface area (Å²) in [7, 11) is 1.97. The van der Waals surface area contributed by atoms with Crippen molar-refractivity contribution in [1.29, 1.82) is 0 Å². The van der Waals surface area contributed by atoms with Crippen LogP contribution in [0.1, 0.15) is 28.5 Å². The minimum Gasteiger partial charge on any atom is -0.431 e. The second-order valence-corrected chi connectivity index (χ2v) is 6.64. The summed E-state index contributed by atoms with van der Waals surface area (Å²) in [5.41, 5.74) is 3.01. The first-order valence-electron chi connectivity index (χ1n) is 7.09. The number of rotatable bonds is 6. The molecule has 0 saturated heterocycles. The highest BCUT2D eigenvalue weighted by Gasteiger charge is 2.12. The van der Waals surface area contributed by atoms with E-state index in [9.17, 15) is 4.79 Å². The average Bonchev–Trinajstić information content (AvgIpc) is 2.88. The lowest BCUT2D eigenvalue weighted by molar-refractivity contribution is 0.111. The topological polar surface area (TPSA) is 54.8 Å². The minimum absolute atomic E-state index is 0.199. The van der Waals surface area contributed by atoms with Crippen molar-refractivity contribution in [2.45, 2.75) is 20.8 Å². The third kappa shape index (κ3) is 4.30. The van der Waals surface area contributed by atoms with Gasteiger partial charge in [-0.05, 0) is 44.0 Å². The van der Waals surface area contributed by atoms with E-state index >= 15 is 0 Å². The van der Waals surface area contributed by atoms with Crippen molar-refractivity contribution in [3.8, 4) is 10.9 Å². The van der Waals surface area contributed by atoms with Gasteiger partial charge in [-0.15, -0.1) is 0 Å². The molecule has 5 nitrogen and oxygen atoms in total. The fourth-order valence-electron chi connectivity index (χ4n) is 1.77. The van der Waals surface area contributed by atoms with Crippen molar-refractivity contribution in [2.24, 2.45) is 4.99 Å². The van der Waals surface area contributed by atoms with E-state index in [1.165, 1.54) is 0 Å². The lowest BCUT2D eigenvalue weighted by Crippen LogP contribution is -2.14. The summed E-state index contributed by atoms with van der Waals surface area (Å²) in [6.45, 7) is 6.87. The first kappa shape index (κ1) is 17.4. The summed E-state index contributed by atoms with van der Waals surface area (Å²) in [5.74, 6) is 0.674. The molecular weight excluding hydrogens is 334 g/mol.